The van der Waals surface area contributed by atoms with Crippen LogP contribution in [-0.4, -0.2) is 61.7 Å². The smallest absolute Gasteiger partial charge is 0.327 e. The molecule has 0 aromatic rings. The quantitative estimate of drug-likeness (QED) is 0.463. The highest BCUT2D eigenvalue weighted by Gasteiger charge is 2.17. The van der Waals surface area contributed by atoms with Crippen LogP contribution in [0, 0.1) is 0 Å². The first kappa shape index (κ1) is 13.9. The molecule has 0 aromatic heterocycles. The van der Waals surface area contributed by atoms with Crippen LogP contribution in [-0.2, 0) is 9.59 Å². The predicted molar refractivity (Wildman–Crippen MR) is 56.7 cm³/mol. The maximum Gasteiger partial charge on any atom is 0.327 e. The van der Waals surface area contributed by atoms with Gasteiger partial charge < -0.3 is 20.6 Å². The van der Waals surface area contributed by atoms with Crippen molar-refractivity contribution in [1.82, 2.24) is 15.5 Å². The van der Waals surface area contributed by atoms with Gasteiger partial charge >= 0.3 is 5.97 Å². The Morgan fingerprint density at radius 1 is 1.40 bits per heavy atom. The lowest BCUT2D eigenvalue weighted by atomic mass is 10.3. The van der Waals surface area contributed by atoms with E-state index in [-0.39, 0.29) is 12.5 Å². The van der Waals surface area contributed by atoms with Crippen molar-refractivity contribution in [1.29, 1.82) is 0 Å². The fourth-order valence-corrected chi connectivity index (χ4v) is 0.995. The van der Waals surface area contributed by atoms with Gasteiger partial charge in [-0.1, -0.05) is 0 Å². The van der Waals surface area contributed by atoms with Crippen LogP contribution in [0.1, 0.15) is 6.92 Å². The third kappa shape index (κ3) is 7.90. The summed E-state index contributed by atoms with van der Waals surface area (Å²) in [5.74, 6) is -1.36. The van der Waals surface area contributed by atoms with Crippen LogP contribution in [0.4, 0.5) is 0 Å². The minimum absolute atomic E-state index is 0.239. The summed E-state index contributed by atoms with van der Waals surface area (Å²) in [5, 5.41) is 14.1. The van der Waals surface area contributed by atoms with Gasteiger partial charge in [-0.2, -0.15) is 0 Å². The van der Waals surface area contributed by atoms with Crippen molar-refractivity contribution in [3.63, 3.8) is 0 Å². The van der Waals surface area contributed by atoms with E-state index in [2.05, 4.69) is 10.6 Å². The van der Waals surface area contributed by atoms with Gasteiger partial charge in [-0.15, -0.1) is 0 Å². The summed E-state index contributed by atoms with van der Waals surface area (Å²) in [4.78, 5) is 23.4. The van der Waals surface area contributed by atoms with E-state index in [4.69, 9.17) is 5.11 Å². The van der Waals surface area contributed by atoms with E-state index in [1.54, 1.807) is 0 Å². The lowest BCUT2D eigenvalue weighted by Gasteiger charge is -2.15. The molecule has 1 unspecified atom stereocenters. The number of amides is 1. The van der Waals surface area contributed by atoms with Crippen LogP contribution in [0.5, 0.6) is 0 Å². The van der Waals surface area contributed by atoms with Crippen molar-refractivity contribution in [2.45, 2.75) is 13.0 Å². The Kier molecular flexibility index (Phi) is 6.64. The molecule has 0 aliphatic heterocycles. The molecule has 0 aliphatic carbocycles. The summed E-state index contributed by atoms with van der Waals surface area (Å²) in [5.41, 5.74) is 0. The Balaban J connectivity index is 3.77. The zero-order valence-corrected chi connectivity index (χ0v) is 9.41. The van der Waals surface area contributed by atoms with E-state index in [1.807, 2.05) is 19.0 Å². The molecule has 0 aromatic carbocycles. The van der Waals surface area contributed by atoms with Crippen LogP contribution in [0.2, 0.25) is 0 Å². The minimum atomic E-state index is -1.03. The van der Waals surface area contributed by atoms with Gasteiger partial charge in [-0.05, 0) is 14.1 Å². The molecule has 6 heteroatoms. The summed E-state index contributed by atoms with van der Waals surface area (Å²) in [6.45, 7) is 3.06. The molecular weight excluding hydrogens is 198 g/mol. The average molecular weight is 217 g/mol. The summed E-state index contributed by atoms with van der Waals surface area (Å²) in [7, 11) is 3.87. The predicted octanol–water partition coefficient (Wildman–Crippen LogP) is -1.27. The number of carbonyl (C=O) groups excluding carboxylic acids is 1. The maximum absolute atomic E-state index is 10.7. The van der Waals surface area contributed by atoms with Gasteiger partial charge in [0.25, 0.3) is 0 Å². The normalized spacial score (nSPS) is 12.5. The van der Waals surface area contributed by atoms with Crippen molar-refractivity contribution in [3.8, 4) is 0 Å². The van der Waals surface area contributed by atoms with Crippen molar-refractivity contribution in [2.75, 3.05) is 33.7 Å². The number of carbonyl (C=O) groups is 2. The largest absolute Gasteiger partial charge is 0.480 e. The van der Waals surface area contributed by atoms with Crippen LogP contribution in [0.3, 0.4) is 0 Å². The Hall–Kier alpha value is -1.14. The highest BCUT2D eigenvalue weighted by molar-refractivity contribution is 5.82. The first-order valence-corrected chi connectivity index (χ1v) is 4.79. The molecule has 1 amide bonds. The van der Waals surface area contributed by atoms with Gasteiger partial charge in [-0.25, -0.2) is 4.79 Å². The van der Waals surface area contributed by atoms with Gasteiger partial charge in [0.2, 0.25) is 5.91 Å². The van der Waals surface area contributed by atoms with Gasteiger partial charge in [-0.3, -0.25) is 4.79 Å². The summed E-state index contributed by atoms with van der Waals surface area (Å²) >= 11 is 0. The highest BCUT2D eigenvalue weighted by Crippen LogP contribution is 1.82. The minimum Gasteiger partial charge on any atom is -0.480 e. The molecule has 0 bridgehead atoms. The number of aliphatic carboxylic acids is 1. The van der Waals surface area contributed by atoms with Crippen molar-refractivity contribution >= 4 is 11.9 Å². The second-order valence-electron chi connectivity index (χ2n) is 3.60. The fraction of sp³-hybridized carbons (Fsp3) is 0.778. The molecule has 88 valence electrons. The van der Waals surface area contributed by atoms with E-state index in [1.165, 1.54) is 6.92 Å². The first-order valence-electron chi connectivity index (χ1n) is 4.79. The average Bonchev–Trinajstić information content (AvgIpc) is 2.08. The molecule has 0 heterocycles. The standard InChI is InChI=1S/C9H19N3O3/c1-7(13)11-8(9(14)15)6-10-4-5-12(2)3/h8,10H,4-6H2,1-3H3,(H,11,13)(H,14,15). The second kappa shape index (κ2) is 7.19. The zero-order valence-electron chi connectivity index (χ0n) is 9.41. The molecule has 0 saturated heterocycles. The Labute approximate surface area is 89.6 Å². The SMILES string of the molecule is CC(=O)NC(CNCCN(C)C)C(=O)O. The molecule has 1 atom stereocenters. The lowest BCUT2D eigenvalue weighted by Crippen LogP contribution is -2.47. The van der Waals surface area contributed by atoms with Gasteiger partial charge in [0, 0.05) is 26.6 Å². The fourth-order valence-electron chi connectivity index (χ4n) is 0.995. The number of hydrogen-bond acceptors (Lipinski definition) is 4. The molecule has 0 aliphatic rings. The first-order chi connectivity index (χ1) is 6.93. The van der Waals surface area contributed by atoms with Gasteiger partial charge in [0.1, 0.15) is 6.04 Å². The Morgan fingerprint density at radius 2 is 2.00 bits per heavy atom. The zero-order chi connectivity index (χ0) is 11.8. The topological polar surface area (TPSA) is 81.7 Å². The van der Waals surface area contributed by atoms with E-state index in [0.29, 0.717) is 6.54 Å². The molecule has 0 rings (SSSR count). The van der Waals surface area contributed by atoms with Crippen LogP contribution in [0.25, 0.3) is 0 Å². The number of nitrogens with zero attached hydrogens (tertiary/aromatic N) is 1. The van der Waals surface area contributed by atoms with E-state index in [9.17, 15) is 9.59 Å². The summed E-state index contributed by atoms with van der Waals surface area (Å²) in [6.07, 6.45) is 0. The molecule has 15 heavy (non-hydrogen) atoms. The molecule has 0 fully saturated rings. The number of likely N-dealkylation sites (N-methyl/N-ethyl adjacent to an activating group) is 1. The molecule has 3 N–H and O–H groups in total. The summed E-state index contributed by atoms with van der Waals surface area (Å²) in [6, 6.07) is -0.857. The number of nitrogens with one attached hydrogen (secondary N) is 2. The van der Waals surface area contributed by atoms with E-state index in [0.717, 1.165) is 6.54 Å². The lowest BCUT2D eigenvalue weighted by molar-refractivity contribution is -0.141. The second-order valence-corrected chi connectivity index (χ2v) is 3.60. The van der Waals surface area contributed by atoms with Crippen LogP contribution in [0.15, 0.2) is 0 Å². The molecular formula is C9H19N3O3. The molecule has 6 nitrogen and oxygen atoms in total. The highest BCUT2D eigenvalue weighted by atomic mass is 16.4. The number of carboxylic acids is 1. The third-order valence-electron chi connectivity index (χ3n) is 1.76. The number of hydrogen-bond donors (Lipinski definition) is 3. The van der Waals surface area contributed by atoms with Gasteiger partial charge in [0.15, 0.2) is 0 Å². The van der Waals surface area contributed by atoms with Crippen molar-refractivity contribution in [3.05, 3.63) is 0 Å². The number of carboxylic acid groups (broad SMARTS) is 1. The van der Waals surface area contributed by atoms with Crippen molar-refractivity contribution < 1.29 is 14.7 Å². The molecule has 0 radical (unpaired) electrons. The number of rotatable bonds is 7. The maximum atomic E-state index is 10.7. The van der Waals surface area contributed by atoms with Gasteiger partial charge in [0.05, 0.1) is 0 Å². The Morgan fingerprint density at radius 3 is 2.40 bits per heavy atom. The third-order valence-corrected chi connectivity index (χ3v) is 1.76. The summed E-state index contributed by atoms with van der Waals surface area (Å²) < 4.78 is 0. The van der Waals surface area contributed by atoms with Crippen molar-refractivity contribution in [2.24, 2.45) is 0 Å². The molecule has 0 saturated carbocycles. The Bertz CT molecular complexity index is 219. The van der Waals surface area contributed by atoms with Crippen LogP contribution < -0.4 is 10.6 Å². The van der Waals surface area contributed by atoms with Crippen LogP contribution >= 0.6 is 0 Å². The van der Waals surface area contributed by atoms with E-state index >= 15 is 0 Å². The van der Waals surface area contributed by atoms with E-state index < -0.39 is 12.0 Å². The monoisotopic (exact) mass is 217 g/mol. The molecule has 0 spiro atoms.